The predicted octanol–water partition coefficient (Wildman–Crippen LogP) is 4.20. The molecule has 0 bridgehead atoms. The largest absolute Gasteiger partial charge is 0.436 e. The monoisotopic (exact) mass is 366 g/mol. The second kappa shape index (κ2) is 7.29. The van der Waals surface area contributed by atoms with Crippen LogP contribution in [0.4, 0.5) is 23.7 Å². The summed E-state index contributed by atoms with van der Waals surface area (Å²) < 4.78 is 43.3. The maximum Gasteiger partial charge on any atom is 0.417 e. The second-order valence-corrected chi connectivity index (χ2v) is 6.78. The van der Waals surface area contributed by atoms with E-state index < -0.39 is 34.9 Å². The molecule has 1 aromatic rings. The number of alkyl halides is 3. The Kier molecular flexibility index (Phi) is 6.10. The SMILES string of the molecule is CC(C)(C)C[C@@H](OC(N)=O)C(=O)Nc1ccc(Cl)c(C(F)(F)F)c1. The molecule has 0 aliphatic rings. The summed E-state index contributed by atoms with van der Waals surface area (Å²) in [5.74, 6) is -0.779. The molecule has 5 nitrogen and oxygen atoms in total. The lowest BCUT2D eigenvalue weighted by molar-refractivity contribution is -0.137. The fourth-order valence-corrected chi connectivity index (χ4v) is 2.15. The Balaban J connectivity index is 3.00. The van der Waals surface area contributed by atoms with Crippen molar-refractivity contribution < 1.29 is 27.5 Å². The van der Waals surface area contributed by atoms with E-state index in [9.17, 15) is 22.8 Å². The van der Waals surface area contributed by atoms with Crippen molar-refractivity contribution >= 4 is 29.3 Å². The smallest absolute Gasteiger partial charge is 0.417 e. The van der Waals surface area contributed by atoms with E-state index >= 15 is 0 Å². The Hall–Kier alpha value is -1.96. The van der Waals surface area contributed by atoms with Crippen LogP contribution in [-0.4, -0.2) is 18.1 Å². The molecule has 3 N–H and O–H groups in total. The van der Waals surface area contributed by atoms with Crippen molar-refractivity contribution in [2.45, 2.75) is 39.5 Å². The van der Waals surface area contributed by atoms with Crippen LogP contribution in [-0.2, 0) is 15.7 Å². The normalized spacial score (nSPS) is 13.3. The highest BCUT2D eigenvalue weighted by Gasteiger charge is 2.34. The minimum atomic E-state index is -4.66. The molecule has 0 unspecified atom stereocenters. The fraction of sp³-hybridized carbons (Fsp3) is 0.467. The van der Waals surface area contributed by atoms with Crippen molar-refractivity contribution in [3.63, 3.8) is 0 Å². The molecule has 0 aliphatic carbocycles. The van der Waals surface area contributed by atoms with Gasteiger partial charge in [-0.1, -0.05) is 32.4 Å². The molecular weight excluding hydrogens is 349 g/mol. The highest BCUT2D eigenvalue weighted by Crippen LogP contribution is 2.36. The maximum atomic E-state index is 12.8. The summed E-state index contributed by atoms with van der Waals surface area (Å²) in [5.41, 5.74) is 3.36. The molecule has 0 aromatic heterocycles. The van der Waals surface area contributed by atoms with Gasteiger partial charge in [0.2, 0.25) is 0 Å². The van der Waals surface area contributed by atoms with E-state index in [1.807, 2.05) is 20.8 Å². The van der Waals surface area contributed by atoms with E-state index in [2.05, 4.69) is 5.32 Å². The summed E-state index contributed by atoms with van der Waals surface area (Å²) in [6.45, 7) is 5.42. The van der Waals surface area contributed by atoms with Crippen LogP contribution in [0.2, 0.25) is 5.02 Å². The second-order valence-electron chi connectivity index (χ2n) is 6.37. The minimum absolute atomic E-state index is 0.122. The molecule has 1 atom stereocenters. The molecule has 9 heteroatoms. The Labute approximate surface area is 142 Å². The Morgan fingerprint density at radius 2 is 1.88 bits per heavy atom. The van der Waals surface area contributed by atoms with E-state index in [4.69, 9.17) is 22.1 Å². The molecule has 24 heavy (non-hydrogen) atoms. The van der Waals surface area contributed by atoms with Crippen LogP contribution >= 0.6 is 11.6 Å². The first-order valence-electron chi connectivity index (χ1n) is 6.93. The summed E-state index contributed by atoms with van der Waals surface area (Å²) in [6.07, 6.45) is -6.90. The van der Waals surface area contributed by atoms with Gasteiger partial charge in [0.25, 0.3) is 5.91 Å². The topological polar surface area (TPSA) is 81.4 Å². The Morgan fingerprint density at radius 3 is 2.33 bits per heavy atom. The molecule has 0 heterocycles. The molecule has 0 saturated heterocycles. The number of primary amides is 1. The van der Waals surface area contributed by atoms with Gasteiger partial charge in [-0.3, -0.25) is 4.79 Å². The van der Waals surface area contributed by atoms with Gasteiger partial charge in [0.05, 0.1) is 10.6 Å². The number of amides is 2. The van der Waals surface area contributed by atoms with E-state index in [-0.39, 0.29) is 17.5 Å². The number of anilines is 1. The average Bonchev–Trinajstić information content (AvgIpc) is 2.36. The lowest BCUT2D eigenvalue weighted by Crippen LogP contribution is -2.37. The van der Waals surface area contributed by atoms with Crippen LogP contribution in [0.15, 0.2) is 18.2 Å². The number of rotatable bonds is 4. The number of nitrogens with one attached hydrogen (secondary N) is 1. The highest BCUT2D eigenvalue weighted by molar-refractivity contribution is 6.31. The number of ether oxygens (including phenoxy) is 1. The van der Waals surface area contributed by atoms with Crippen LogP contribution in [0, 0.1) is 5.41 Å². The zero-order valence-electron chi connectivity index (χ0n) is 13.3. The quantitative estimate of drug-likeness (QED) is 0.838. The highest BCUT2D eigenvalue weighted by atomic mass is 35.5. The third kappa shape index (κ3) is 6.27. The van der Waals surface area contributed by atoms with Gasteiger partial charge in [0.1, 0.15) is 0 Å². The molecule has 1 rings (SSSR count). The number of halogens is 4. The minimum Gasteiger partial charge on any atom is -0.436 e. The number of nitrogens with two attached hydrogens (primary N) is 1. The maximum absolute atomic E-state index is 12.8. The van der Waals surface area contributed by atoms with Crippen LogP contribution in [0.3, 0.4) is 0 Å². The lowest BCUT2D eigenvalue weighted by atomic mass is 9.89. The van der Waals surface area contributed by atoms with E-state index in [1.54, 1.807) is 0 Å². The van der Waals surface area contributed by atoms with Gasteiger partial charge in [-0.05, 0) is 30.0 Å². The first-order chi connectivity index (χ1) is 10.8. The van der Waals surface area contributed by atoms with Crippen molar-refractivity contribution in [3.8, 4) is 0 Å². The molecule has 134 valence electrons. The Morgan fingerprint density at radius 1 is 1.29 bits per heavy atom. The summed E-state index contributed by atoms with van der Waals surface area (Å²) in [7, 11) is 0. The Bertz CT molecular complexity index is 627. The molecule has 0 saturated carbocycles. The summed E-state index contributed by atoms with van der Waals surface area (Å²) in [6, 6.07) is 2.94. The summed E-state index contributed by atoms with van der Waals surface area (Å²) in [4.78, 5) is 23.2. The zero-order chi connectivity index (χ0) is 18.7. The summed E-state index contributed by atoms with van der Waals surface area (Å²) >= 11 is 5.52. The van der Waals surface area contributed by atoms with Gasteiger partial charge in [0, 0.05) is 5.69 Å². The molecule has 0 spiro atoms. The first kappa shape index (κ1) is 20.1. The summed E-state index contributed by atoms with van der Waals surface area (Å²) in [5, 5.41) is 1.79. The molecule has 1 aromatic carbocycles. The molecule has 0 aliphatic heterocycles. The van der Waals surface area contributed by atoms with Gasteiger partial charge >= 0.3 is 12.3 Å². The van der Waals surface area contributed by atoms with Crippen molar-refractivity contribution in [1.29, 1.82) is 0 Å². The number of hydrogen-bond acceptors (Lipinski definition) is 3. The fourth-order valence-electron chi connectivity index (χ4n) is 1.93. The number of benzene rings is 1. The van der Waals surface area contributed by atoms with Crippen molar-refractivity contribution in [3.05, 3.63) is 28.8 Å². The van der Waals surface area contributed by atoms with Gasteiger partial charge in [0.15, 0.2) is 6.10 Å². The van der Waals surface area contributed by atoms with Crippen LogP contribution in [0.5, 0.6) is 0 Å². The molecule has 0 radical (unpaired) electrons. The predicted molar refractivity (Wildman–Crippen MR) is 83.6 cm³/mol. The molecule has 0 fully saturated rings. The number of hydrogen-bond donors (Lipinski definition) is 2. The van der Waals surface area contributed by atoms with Crippen molar-refractivity contribution in [2.75, 3.05) is 5.32 Å². The van der Waals surface area contributed by atoms with Gasteiger partial charge < -0.3 is 15.8 Å². The van der Waals surface area contributed by atoms with Crippen LogP contribution in [0.25, 0.3) is 0 Å². The average molecular weight is 367 g/mol. The lowest BCUT2D eigenvalue weighted by Gasteiger charge is -2.24. The van der Waals surface area contributed by atoms with E-state index in [0.29, 0.717) is 6.07 Å². The third-order valence-electron chi connectivity index (χ3n) is 2.89. The van der Waals surface area contributed by atoms with Gasteiger partial charge in [-0.2, -0.15) is 13.2 Å². The zero-order valence-corrected chi connectivity index (χ0v) is 14.1. The van der Waals surface area contributed by atoms with E-state index in [0.717, 1.165) is 6.07 Å². The van der Waals surface area contributed by atoms with E-state index in [1.165, 1.54) is 6.07 Å². The molecular formula is C15H18ClF3N2O3. The van der Waals surface area contributed by atoms with Gasteiger partial charge in [-0.25, -0.2) is 4.79 Å². The number of carbonyl (C=O) groups is 2. The molecule has 2 amide bonds. The van der Waals surface area contributed by atoms with Crippen molar-refractivity contribution in [1.82, 2.24) is 0 Å². The first-order valence-corrected chi connectivity index (χ1v) is 7.31. The third-order valence-corrected chi connectivity index (χ3v) is 3.22. The standard InChI is InChI=1S/C15H18ClF3N2O3/c1-14(2,3)7-11(24-13(20)23)12(22)21-8-4-5-10(16)9(6-8)15(17,18)19/h4-6,11H,7H2,1-3H3,(H2,20,23)(H,21,22)/t11-/m1/s1. The van der Waals surface area contributed by atoms with Crippen molar-refractivity contribution in [2.24, 2.45) is 11.1 Å². The van der Waals surface area contributed by atoms with Gasteiger partial charge in [-0.15, -0.1) is 0 Å². The van der Waals surface area contributed by atoms with Crippen LogP contribution < -0.4 is 11.1 Å². The van der Waals surface area contributed by atoms with Crippen LogP contribution in [0.1, 0.15) is 32.8 Å². The number of carbonyl (C=O) groups excluding carboxylic acids is 2.